The lowest BCUT2D eigenvalue weighted by atomic mass is 10.1. The third-order valence-electron chi connectivity index (χ3n) is 3.53. The average Bonchev–Trinajstić information content (AvgIpc) is 2.48. The number of primary amides is 1. The highest BCUT2D eigenvalue weighted by Crippen LogP contribution is 2.24. The Kier molecular flexibility index (Phi) is 5.52. The van der Waals surface area contributed by atoms with Gasteiger partial charge in [-0.1, -0.05) is 13.0 Å². The van der Waals surface area contributed by atoms with Crippen LogP contribution in [0.3, 0.4) is 0 Å². The van der Waals surface area contributed by atoms with E-state index in [1.165, 1.54) is 6.07 Å². The molecule has 1 unspecified atom stereocenters. The van der Waals surface area contributed by atoms with E-state index in [2.05, 4.69) is 12.2 Å². The first-order chi connectivity index (χ1) is 10.1. The van der Waals surface area contributed by atoms with E-state index in [0.29, 0.717) is 25.4 Å². The van der Waals surface area contributed by atoms with E-state index < -0.39 is 11.9 Å². The van der Waals surface area contributed by atoms with Crippen LogP contribution in [0, 0.1) is 5.82 Å². The molecular weight excluding hydrogens is 273 g/mol. The normalized spacial score (nSPS) is 18.8. The van der Waals surface area contributed by atoms with Crippen LogP contribution in [0.2, 0.25) is 0 Å². The summed E-state index contributed by atoms with van der Waals surface area (Å²) in [5, 5.41) is 3.23. The fourth-order valence-electron chi connectivity index (χ4n) is 2.43. The third-order valence-corrected chi connectivity index (χ3v) is 3.53. The Morgan fingerprint density at radius 3 is 3.05 bits per heavy atom. The van der Waals surface area contributed by atoms with Crippen molar-refractivity contribution in [3.05, 3.63) is 29.6 Å². The van der Waals surface area contributed by atoms with Gasteiger partial charge in [0.2, 0.25) is 5.91 Å². The number of carbonyl (C=O) groups excluding carboxylic acids is 1. The first-order valence-corrected chi connectivity index (χ1v) is 7.26. The molecule has 1 heterocycles. The number of halogens is 1. The van der Waals surface area contributed by atoms with Crippen molar-refractivity contribution in [2.75, 3.05) is 31.2 Å². The Morgan fingerprint density at radius 1 is 1.57 bits per heavy atom. The number of amides is 1. The van der Waals surface area contributed by atoms with Crippen LogP contribution in [0.4, 0.5) is 10.1 Å². The molecule has 6 heteroatoms. The van der Waals surface area contributed by atoms with Crippen LogP contribution in [-0.2, 0) is 16.1 Å². The van der Waals surface area contributed by atoms with Gasteiger partial charge in [-0.05, 0) is 30.7 Å². The van der Waals surface area contributed by atoms with Gasteiger partial charge in [0.1, 0.15) is 11.9 Å². The zero-order valence-corrected chi connectivity index (χ0v) is 12.3. The number of ether oxygens (including phenoxy) is 1. The van der Waals surface area contributed by atoms with Crippen molar-refractivity contribution in [2.45, 2.75) is 25.9 Å². The van der Waals surface area contributed by atoms with E-state index in [1.54, 1.807) is 11.0 Å². The molecular formula is C15H22FN3O2. The van der Waals surface area contributed by atoms with Crippen molar-refractivity contribution in [1.29, 1.82) is 0 Å². The van der Waals surface area contributed by atoms with Crippen molar-refractivity contribution >= 4 is 11.6 Å². The Bertz CT molecular complexity index is 496. The summed E-state index contributed by atoms with van der Waals surface area (Å²) in [5.41, 5.74) is 6.65. The van der Waals surface area contributed by atoms with Gasteiger partial charge in [-0.3, -0.25) is 4.79 Å². The number of morpholine rings is 1. The van der Waals surface area contributed by atoms with Crippen LogP contribution in [0.15, 0.2) is 18.2 Å². The maximum Gasteiger partial charge on any atom is 0.242 e. The van der Waals surface area contributed by atoms with Crippen LogP contribution in [0.25, 0.3) is 0 Å². The minimum atomic E-state index is -0.614. The Hall–Kier alpha value is -1.66. The molecule has 1 aliphatic heterocycles. The predicted molar refractivity (Wildman–Crippen MR) is 79.5 cm³/mol. The standard InChI is InChI=1S/C15H22FN3O2/c1-2-5-18-9-11-3-4-13(12(16)8-11)19-6-7-21-10-14(19)15(17)20/h3-4,8,14,18H,2,5-7,9-10H2,1H3,(H2,17,20). The molecule has 1 atom stereocenters. The average molecular weight is 295 g/mol. The van der Waals surface area contributed by atoms with E-state index in [-0.39, 0.29) is 12.4 Å². The van der Waals surface area contributed by atoms with Crippen molar-refractivity contribution < 1.29 is 13.9 Å². The number of benzene rings is 1. The molecule has 116 valence electrons. The Balaban J connectivity index is 2.13. The van der Waals surface area contributed by atoms with Gasteiger partial charge >= 0.3 is 0 Å². The fraction of sp³-hybridized carbons (Fsp3) is 0.533. The summed E-state index contributed by atoms with van der Waals surface area (Å²) in [6.45, 7) is 4.73. The van der Waals surface area contributed by atoms with Crippen LogP contribution in [0.1, 0.15) is 18.9 Å². The molecule has 5 nitrogen and oxygen atoms in total. The number of carbonyl (C=O) groups is 1. The van der Waals surface area contributed by atoms with Crippen LogP contribution < -0.4 is 16.0 Å². The fourth-order valence-corrected chi connectivity index (χ4v) is 2.43. The second-order valence-electron chi connectivity index (χ2n) is 5.15. The molecule has 1 amide bonds. The van der Waals surface area contributed by atoms with Gasteiger partial charge in [0.05, 0.1) is 18.9 Å². The lowest BCUT2D eigenvalue weighted by Gasteiger charge is -2.35. The molecule has 1 aromatic rings. The summed E-state index contributed by atoms with van der Waals surface area (Å²) < 4.78 is 19.6. The molecule has 0 saturated carbocycles. The minimum absolute atomic E-state index is 0.203. The largest absolute Gasteiger partial charge is 0.377 e. The monoisotopic (exact) mass is 295 g/mol. The van der Waals surface area contributed by atoms with Crippen molar-refractivity contribution in [3.63, 3.8) is 0 Å². The number of nitrogens with one attached hydrogen (secondary N) is 1. The summed E-state index contributed by atoms with van der Waals surface area (Å²) in [4.78, 5) is 13.1. The smallest absolute Gasteiger partial charge is 0.242 e. The van der Waals surface area contributed by atoms with Gasteiger partial charge in [-0.15, -0.1) is 0 Å². The van der Waals surface area contributed by atoms with Crippen molar-refractivity contribution in [2.24, 2.45) is 5.73 Å². The number of nitrogens with two attached hydrogens (primary N) is 1. The van der Waals surface area contributed by atoms with E-state index in [9.17, 15) is 9.18 Å². The summed E-state index contributed by atoms with van der Waals surface area (Å²) in [5.74, 6) is -0.832. The van der Waals surface area contributed by atoms with E-state index in [1.807, 2.05) is 6.07 Å². The quantitative estimate of drug-likeness (QED) is 0.769. The molecule has 1 fully saturated rings. The molecule has 0 aliphatic carbocycles. The Labute approximate surface area is 124 Å². The maximum atomic E-state index is 14.3. The van der Waals surface area contributed by atoms with Gasteiger partial charge < -0.3 is 20.7 Å². The third kappa shape index (κ3) is 3.92. The zero-order chi connectivity index (χ0) is 15.2. The molecule has 1 saturated heterocycles. The number of hydrogen-bond acceptors (Lipinski definition) is 4. The molecule has 0 aromatic heterocycles. The Morgan fingerprint density at radius 2 is 2.38 bits per heavy atom. The van der Waals surface area contributed by atoms with E-state index in [0.717, 1.165) is 18.5 Å². The van der Waals surface area contributed by atoms with E-state index >= 15 is 0 Å². The molecule has 1 aromatic carbocycles. The minimum Gasteiger partial charge on any atom is -0.377 e. The number of anilines is 1. The molecule has 1 aliphatic rings. The first-order valence-electron chi connectivity index (χ1n) is 7.26. The highest BCUT2D eigenvalue weighted by Gasteiger charge is 2.29. The van der Waals surface area contributed by atoms with Gasteiger partial charge in [0.15, 0.2) is 0 Å². The van der Waals surface area contributed by atoms with Gasteiger partial charge in [-0.25, -0.2) is 4.39 Å². The molecule has 0 spiro atoms. The predicted octanol–water partition coefficient (Wildman–Crippen LogP) is 1.02. The molecule has 3 N–H and O–H groups in total. The van der Waals surface area contributed by atoms with Gasteiger partial charge in [0, 0.05) is 13.1 Å². The second kappa shape index (κ2) is 7.38. The van der Waals surface area contributed by atoms with Crippen molar-refractivity contribution in [3.8, 4) is 0 Å². The zero-order valence-electron chi connectivity index (χ0n) is 12.3. The number of hydrogen-bond donors (Lipinski definition) is 2. The van der Waals surface area contributed by atoms with E-state index in [4.69, 9.17) is 10.5 Å². The lowest BCUT2D eigenvalue weighted by molar-refractivity contribution is -0.121. The molecule has 21 heavy (non-hydrogen) atoms. The highest BCUT2D eigenvalue weighted by atomic mass is 19.1. The topological polar surface area (TPSA) is 67.6 Å². The maximum absolute atomic E-state index is 14.3. The first kappa shape index (κ1) is 15.7. The van der Waals surface area contributed by atoms with Crippen LogP contribution >= 0.6 is 0 Å². The van der Waals surface area contributed by atoms with Gasteiger partial charge in [-0.2, -0.15) is 0 Å². The summed E-state index contributed by atoms with van der Waals surface area (Å²) >= 11 is 0. The number of rotatable bonds is 6. The van der Waals surface area contributed by atoms with Crippen LogP contribution in [0.5, 0.6) is 0 Å². The van der Waals surface area contributed by atoms with Crippen molar-refractivity contribution in [1.82, 2.24) is 5.32 Å². The second-order valence-corrected chi connectivity index (χ2v) is 5.15. The summed E-state index contributed by atoms with van der Waals surface area (Å²) in [7, 11) is 0. The number of nitrogens with zero attached hydrogens (tertiary/aromatic N) is 1. The van der Waals surface area contributed by atoms with Crippen LogP contribution in [-0.4, -0.2) is 38.3 Å². The molecule has 0 radical (unpaired) electrons. The summed E-state index contributed by atoms with van der Waals surface area (Å²) in [6.07, 6.45) is 1.04. The SMILES string of the molecule is CCCNCc1ccc(N2CCOCC2C(N)=O)c(F)c1. The molecule has 0 bridgehead atoms. The molecule has 2 rings (SSSR count). The van der Waals surface area contributed by atoms with Gasteiger partial charge in [0.25, 0.3) is 0 Å². The highest BCUT2D eigenvalue weighted by molar-refractivity contribution is 5.84. The summed E-state index contributed by atoms with van der Waals surface area (Å²) in [6, 6.07) is 4.47. The lowest BCUT2D eigenvalue weighted by Crippen LogP contribution is -2.53.